The second kappa shape index (κ2) is 17.8. The molecule has 0 aliphatic carbocycles. The lowest BCUT2D eigenvalue weighted by molar-refractivity contribution is 0.194. The van der Waals surface area contributed by atoms with Gasteiger partial charge >= 0.3 is 0 Å². The molecule has 0 unspecified atom stereocenters. The third kappa shape index (κ3) is 8.86. The molecule has 280 valence electrons. The highest BCUT2D eigenvalue weighted by Crippen LogP contribution is 2.40. The van der Waals surface area contributed by atoms with E-state index in [-0.39, 0.29) is 28.3 Å². The van der Waals surface area contributed by atoms with Crippen molar-refractivity contribution in [3.63, 3.8) is 0 Å². The van der Waals surface area contributed by atoms with Gasteiger partial charge in [0, 0.05) is 12.6 Å². The van der Waals surface area contributed by atoms with Gasteiger partial charge in [-0.2, -0.15) is 13.4 Å². The highest BCUT2D eigenvalue weighted by atomic mass is 32.2. The molecular weight excluding hydrogens is 723 g/mol. The van der Waals surface area contributed by atoms with E-state index in [1.807, 2.05) is 60.7 Å². The van der Waals surface area contributed by atoms with Crippen molar-refractivity contribution in [3.05, 3.63) is 113 Å². The number of azo groups is 1. The molecule has 6 rings (SSSR count). The zero-order valence-electron chi connectivity index (χ0n) is 30.4. The molecule has 0 aliphatic rings. The van der Waals surface area contributed by atoms with E-state index in [9.17, 15) is 8.42 Å². The molecule has 3 N–H and O–H groups in total. The fraction of sp³-hybridized carbons (Fsp3) is 0.256. The number of nitrogens with zero attached hydrogens (tertiary/aromatic N) is 7. The molecule has 0 amide bonds. The number of aliphatic imine (C=N–C) groups is 1. The number of nitrogens with one attached hydrogen (secondary N) is 1. The third-order valence-electron chi connectivity index (χ3n) is 8.46. The fourth-order valence-electron chi connectivity index (χ4n) is 5.50. The molecule has 0 spiro atoms. The van der Waals surface area contributed by atoms with E-state index in [0.717, 1.165) is 52.7 Å². The maximum atomic E-state index is 13.7. The summed E-state index contributed by atoms with van der Waals surface area (Å²) in [5.74, 6) is 0.120. The number of para-hydroxylation sites is 1. The van der Waals surface area contributed by atoms with Gasteiger partial charge in [0.15, 0.2) is 16.3 Å². The molecule has 0 radical (unpaired) electrons. The van der Waals surface area contributed by atoms with Crippen LogP contribution in [0.25, 0.3) is 10.2 Å². The molecule has 0 saturated carbocycles. The van der Waals surface area contributed by atoms with E-state index in [4.69, 9.17) is 20.3 Å². The van der Waals surface area contributed by atoms with E-state index in [1.165, 1.54) is 12.1 Å². The Morgan fingerprint density at radius 2 is 1.61 bits per heavy atom. The molecule has 0 atom stereocenters. The number of hydrogen-bond acceptors (Lipinski definition) is 12. The van der Waals surface area contributed by atoms with Crippen LogP contribution in [0, 0.1) is 0 Å². The lowest BCUT2D eigenvalue weighted by Gasteiger charge is -2.17. The average molecular weight is 766 g/mol. The van der Waals surface area contributed by atoms with Crippen molar-refractivity contribution in [3.8, 4) is 5.75 Å². The molecule has 15 heteroatoms. The number of nitrogen functional groups attached to an aromatic ring is 1. The zero-order valence-corrected chi connectivity index (χ0v) is 32.0. The molecule has 2 aromatic heterocycles. The Balaban J connectivity index is 1.45. The number of anilines is 2. The van der Waals surface area contributed by atoms with Crippen molar-refractivity contribution < 1.29 is 18.0 Å². The summed E-state index contributed by atoms with van der Waals surface area (Å²) in [6.07, 6.45) is 4.59. The van der Waals surface area contributed by atoms with Crippen LogP contribution in [0.1, 0.15) is 52.0 Å². The molecule has 0 aliphatic heterocycles. The normalized spacial score (nSPS) is 12.4. The van der Waals surface area contributed by atoms with Crippen LogP contribution in [0.3, 0.4) is 0 Å². The summed E-state index contributed by atoms with van der Waals surface area (Å²) in [6, 6.07) is 31.2. The van der Waals surface area contributed by atoms with Gasteiger partial charge in [-0.05, 0) is 55.2 Å². The smallest absolute Gasteiger partial charge is 0.284 e. The summed E-state index contributed by atoms with van der Waals surface area (Å²) in [5.41, 5.74) is 12.4. The van der Waals surface area contributed by atoms with Crippen molar-refractivity contribution in [1.82, 2.24) is 13.8 Å². The van der Waals surface area contributed by atoms with Gasteiger partial charge < -0.3 is 19.9 Å². The molecule has 0 bridgehead atoms. The van der Waals surface area contributed by atoms with Crippen molar-refractivity contribution in [2.75, 3.05) is 17.8 Å². The summed E-state index contributed by atoms with van der Waals surface area (Å²) in [6.45, 7) is 7.63. The summed E-state index contributed by atoms with van der Waals surface area (Å²) in [5, 5.41) is 13.4. The summed E-state index contributed by atoms with van der Waals surface area (Å²) in [7, 11) is -4.21. The minimum Gasteiger partial charge on any atom is -0.488 e. The monoisotopic (exact) mass is 765 g/mol. The van der Waals surface area contributed by atoms with Crippen LogP contribution in [0.4, 0.5) is 28.7 Å². The van der Waals surface area contributed by atoms with Gasteiger partial charge in [0.25, 0.3) is 10.0 Å². The summed E-state index contributed by atoms with van der Waals surface area (Å²) >= 11 is 1.56. The van der Waals surface area contributed by atoms with Gasteiger partial charge in [-0.15, -0.1) is 19.4 Å². The Kier molecular flexibility index (Phi) is 12.5. The summed E-state index contributed by atoms with van der Waals surface area (Å²) < 4.78 is 37.8. The standard InChI is InChI=1S/C39H43N9O4S2/c1-4-7-23-41-39-47(26-28-17-11-8-12-18-28)33-25-34(52-30(5-2)6-3)32(24-35(33)53-39)43-44-36-37(40)48(54(49,50)31-21-15-10-16-22-31)45-38(36)42-27-51-46-29-19-13-9-14-20-29/h8-22,24-25,27,30,46H,4-7,23,26,40H2,1-3H3. The van der Waals surface area contributed by atoms with Gasteiger partial charge in [-0.25, -0.2) is 5.48 Å². The summed E-state index contributed by atoms with van der Waals surface area (Å²) in [4.78, 5) is 15.5. The molecule has 4 aromatic carbocycles. The van der Waals surface area contributed by atoms with Crippen LogP contribution in [0.15, 0.2) is 128 Å². The Hall–Kier alpha value is -5.80. The predicted molar refractivity (Wildman–Crippen MR) is 215 cm³/mol. The molecule has 54 heavy (non-hydrogen) atoms. The number of hydrogen-bond donors (Lipinski definition) is 2. The van der Waals surface area contributed by atoms with Crippen molar-refractivity contribution >= 4 is 66.7 Å². The Bertz CT molecular complexity index is 2390. The van der Waals surface area contributed by atoms with E-state index in [1.54, 1.807) is 29.5 Å². The maximum Gasteiger partial charge on any atom is 0.284 e. The Labute approximate surface area is 318 Å². The van der Waals surface area contributed by atoms with Crippen LogP contribution in [0.5, 0.6) is 5.75 Å². The highest BCUT2D eigenvalue weighted by molar-refractivity contribution is 7.90. The number of nitrogens with two attached hydrogens (primary N) is 1. The predicted octanol–water partition coefficient (Wildman–Crippen LogP) is 9.15. The molecule has 13 nitrogen and oxygen atoms in total. The molecule has 0 saturated heterocycles. The van der Waals surface area contributed by atoms with E-state index < -0.39 is 10.0 Å². The first-order chi connectivity index (χ1) is 26.3. The van der Waals surface area contributed by atoms with Gasteiger partial charge in [0.1, 0.15) is 11.4 Å². The van der Waals surface area contributed by atoms with Crippen molar-refractivity contribution in [1.29, 1.82) is 0 Å². The van der Waals surface area contributed by atoms with Crippen LogP contribution < -0.4 is 20.8 Å². The quantitative estimate of drug-likeness (QED) is 0.0307. The number of unbranched alkanes of at least 4 members (excludes halogenated alkanes) is 1. The van der Waals surface area contributed by atoms with Crippen molar-refractivity contribution in [2.24, 2.45) is 20.2 Å². The first-order valence-corrected chi connectivity index (χ1v) is 20.1. The molecular formula is C39H43N9O4S2. The van der Waals surface area contributed by atoms with Gasteiger partial charge in [-0.3, -0.25) is 4.99 Å². The van der Waals surface area contributed by atoms with Crippen LogP contribution in [0.2, 0.25) is 0 Å². The lowest BCUT2D eigenvalue weighted by Crippen LogP contribution is -2.17. The first kappa shape index (κ1) is 37.9. The second-order valence-electron chi connectivity index (χ2n) is 12.3. The van der Waals surface area contributed by atoms with E-state index in [2.05, 4.69) is 63.3 Å². The van der Waals surface area contributed by atoms with Crippen molar-refractivity contribution in [2.45, 2.75) is 64.0 Å². The molecule has 6 aromatic rings. The Morgan fingerprint density at radius 1 is 0.926 bits per heavy atom. The third-order valence-corrected chi connectivity index (χ3v) is 11.1. The fourth-order valence-corrected chi connectivity index (χ4v) is 7.80. The number of thiazole rings is 1. The lowest BCUT2D eigenvalue weighted by atomic mass is 10.2. The Morgan fingerprint density at radius 3 is 2.30 bits per heavy atom. The number of aromatic nitrogens is 3. The van der Waals surface area contributed by atoms with Gasteiger partial charge in [0.05, 0.1) is 33.4 Å². The zero-order chi connectivity index (χ0) is 37.9. The average Bonchev–Trinajstić information content (AvgIpc) is 3.70. The molecule has 0 fully saturated rings. The minimum atomic E-state index is -4.21. The largest absolute Gasteiger partial charge is 0.488 e. The number of fused-ring (bicyclic) bond motifs is 1. The van der Waals surface area contributed by atoms with E-state index in [0.29, 0.717) is 34.3 Å². The van der Waals surface area contributed by atoms with Gasteiger partial charge in [0.2, 0.25) is 12.2 Å². The minimum absolute atomic E-state index is 0.00631. The maximum absolute atomic E-state index is 13.7. The first-order valence-electron chi connectivity index (χ1n) is 17.8. The van der Waals surface area contributed by atoms with Crippen LogP contribution in [-0.2, 0) is 21.4 Å². The highest BCUT2D eigenvalue weighted by Gasteiger charge is 2.26. The number of benzene rings is 4. The van der Waals surface area contributed by atoms with Crippen LogP contribution in [-0.4, -0.2) is 41.2 Å². The molecule has 2 heterocycles. The number of ether oxygens (including phenoxy) is 1. The number of rotatable bonds is 17. The van der Waals surface area contributed by atoms with Crippen LogP contribution >= 0.6 is 11.3 Å². The van der Waals surface area contributed by atoms with E-state index >= 15 is 0 Å². The SMILES string of the molecule is CCCCN=c1sc2cc(N=Nc3c(N=CONc4ccccc4)nn(S(=O)(=O)c4ccccc4)c3N)c(OC(CC)CC)cc2n1Cc1ccccc1. The topological polar surface area (TPSA) is 163 Å². The van der Waals surface area contributed by atoms with Gasteiger partial charge in [-0.1, -0.05) is 105 Å². The second-order valence-corrected chi connectivity index (χ2v) is 15.1.